The highest BCUT2D eigenvalue weighted by Gasteiger charge is 2.29. The van der Waals surface area contributed by atoms with Gasteiger partial charge in [-0.15, -0.1) is 5.10 Å². The molecule has 0 saturated carbocycles. The number of carbonyl (C=O) groups excluding carboxylic acids is 1. The SMILES string of the molecule is O=C(CC1CCCO1)N1CCC(Nc2ccc3nccn3n2)C1. The minimum atomic E-state index is 0.125. The first-order chi connectivity index (χ1) is 11.3. The summed E-state index contributed by atoms with van der Waals surface area (Å²) >= 11 is 0. The number of ether oxygens (including phenoxy) is 1. The van der Waals surface area contributed by atoms with Crippen molar-refractivity contribution in [3.8, 4) is 0 Å². The Labute approximate surface area is 134 Å². The molecule has 0 bridgehead atoms. The van der Waals surface area contributed by atoms with Crippen LogP contribution in [0, 0.1) is 0 Å². The highest BCUT2D eigenvalue weighted by Crippen LogP contribution is 2.20. The number of rotatable bonds is 4. The molecule has 7 heteroatoms. The van der Waals surface area contributed by atoms with E-state index in [9.17, 15) is 4.79 Å². The van der Waals surface area contributed by atoms with Crippen LogP contribution in [0.3, 0.4) is 0 Å². The number of fused-ring (bicyclic) bond motifs is 1. The molecule has 2 aromatic rings. The molecule has 2 fully saturated rings. The summed E-state index contributed by atoms with van der Waals surface area (Å²) in [7, 11) is 0. The van der Waals surface area contributed by atoms with Crippen molar-refractivity contribution >= 4 is 17.4 Å². The first-order valence-electron chi connectivity index (χ1n) is 8.24. The lowest BCUT2D eigenvalue weighted by Gasteiger charge is -2.19. The second kappa shape index (κ2) is 6.16. The maximum atomic E-state index is 12.3. The van der Waals surface area contributed by atoms with Gasteiger partial charge in [0.1, 0.15) is 5.82 Å². The number of nitrogens with one attached hydrogen (secondary N) is 1. The van der Waals surface area contributed by atoms with Gasteiger partial charge >= 0.3 is 0 Å². The Bertz CT molecular complexity index is 695. The van der Waals surface area contributed by atoms with Crippen LogP contribution in [0.1, 0.15) is 25.7 Å². The number of hydrogen-bond acceptors (Lipinski definition) is 5. The highest BCUT2D eigenvalue weighted by atomic mass is 16.5. The van der Waals surface area contributed by atoms with Crippen LogP contribution in [0.5, 0.6) is 0 Å². The average Bonchev–Trinajstić information content (AvgIpc) is 3.27. The number of likely N-dealkylation sites (tertiary alicyclic amines) is 1. The topological polar surface area (TPSA) is 71.8 Å². The predicted octanol–water partition coefficient (Wildman–Crippen LogP) is 1.31. The van der Waals surface area contributed by atoms with E-state index in [2.05, 4.69) is 15.4 Å². The van der Waals surface area contributed by atoms with Crippen molar-refractivity contribution in [2.75, 3.05) is 25.0 Å². The molecule has 2 aromatic heterocycles. The Hall–Kier alpha value is -2.15. The lowest BCUT2D eigenvalue weighted by molar-refractivity contribution is -0.132. The molecule has 2 aliphatic heterocycles. The fraction of sp³-hybridized carbons (Fsp3) is 0.562. The summed E-state index contributed by atoms with van der Waals surface area (Å²) in [6, 6.07) is 4.11. The van der Waals surface area contributed by atoms with Gasteiger partial charge in [0, 0.05) is 38.1 Å². The minimum absolute atomic E-state index is 0.125. The van der Waals surface area contributed by atoms with Crippen LogP contribution in [0.2, 0.25) is 0 Å². The zero-order valence-corrected chi connectivity index (χ0v) is 13.0. The van der Waals surface area contributed by atoms with Crippen molar-refractivity contribution in [3.05, 3.63) is 24.5 Å². The van der Waals surface area contributed by atoms with Crippen molar-refractivity contribution in [1.82, 2.24) is 19.5 Å². The van der Waals surface area contributed by atoms with Crippen molar-refractivity contribution < 1.29 is 9.53 Å². The summed E-state index contributed by atoms with van der Waals surface area (Å²) in [6.45, 7) is 2.33. The molecule has 2 aliphatic rings. The zero-order chi connectivity index (χ0) is 15.6. The molecular weight excluding hydrogens is 294 g/mol. The van der Waals surface area contributed by atoms with Crippen molar-refractivity contribution in [1.29, 1.82) is 0 Å². The van der Waals surface area contributed by atoms with Gasteiger partial charge in [0.2, 0.25) is 5.91 Å². The fourth-order valence-electron chi connectivity index (χ4n) is 3.34. The van der Waals surface area contributed by atoms with E-state index in [4.69, 9.17) is 4.74 Å². The van der Waals surface area contributed by atoms with E-state index < -0.39 is 0 Å². The van der Waals surface area contributed by atoms with Gasteiger partial charge in [0.05, 0.1) is 12.5 Å². The first-order valence-corrected chi connectivity index (χ1v) is 8.24. The number of imidazole rings is 1. The average molecular weight is 315 g/mol. The molecule has 0 aliphatic carbocycles. The van der Waals surface area contributed by atoms with E-state index >= 15 is 0 Å². The Morgan fingerprint density at radius 1 is 1.39 bits per heavy atom. The number of hydrogen-bond donors (Lipinski definition) is 1. The Balaban J connectivity index is 1.33. The quantitative estimate of drug-likeness (QED) is 0.921. The molecule has 1 N–H and O–H groups in total. The number of amides is 1. The number of anilines is 1. The van der Waals surface area contributed by atoms with Gasteiger partial charge in [0.15, 0.2) is 5.65 Å². The van der Waals surface area contributed by atoms with E-state index in [1.54, 1.807) is 10.7 Å². The van der Waals surface area contributed by atoms with E-state index in [0.717, 1.165) is 50.4 Å². The van der Waals surface area contributed by atoms with Crippen LogP contribution in [0.4, 0.5) is 5.82 Å². The second-order valence-corrected chi connectivity index (χ2v) is 6.26. The third-order valence-corrected chi connectivity index (χ3v) is 4.57. The van der Waals surface area contributed by atoms with E-state index in [1.165, 1.54) is 0 Å². The normalized spacial score (nSPS) is 24.4. The van der Waals surface area contributed by atoms with Crippen LogP contribution in [-0.4, -0.2) is 57.2 Å². The van der Waals surface area contributed by atoms with Crippen LogP contribution in [-0.2, 0) is 9.53 Å². The molecule has 0 spiro atoms. The third kappa shape index (κ3) is 3.14. The zero-order valence-electron chi connectivity index (χ0n) is 13.0. The molecule has 122 valence electrons. The van der Waals surface area contributed by atoms with Crippen LogP contribution >= 0.6 is 0 Å². The lowest BCUT2D eigenvalue weighted by Crippen LogP contribution is -2.33. The third-order valence-electron chi connectivity index (χ3n) is 4.57. The lowest BCUT2D eigenvalue weighted by atomic mass is 10.1. The standard InChI is InChI=1S/C16H21N5O2/c22-16(10-13-2-1-9-23-13)20-7-5-12(11-20)18-14-3-4-15-17-6-8-21(15)19-14/h3-4,6,8,12-13H,1-2,5,7,9-11H2,(H,18,19). The molecule has 4 heterocycles. The van der Waals surface area contributed by atoms with Gasteiger partial charge in [-0.05, 0) is 31.4 Å². The molecule has 1 amide bonds. The second-order valence-electron chi connectivity index (χ2n) is 6.26. The van der Waals surface area contributed by atoms with Crippen molar-refractivity contribution in [2.24, 2.45) is 0 Å². The smallest absolute Gasteiger partial charge is 0.225 e. The Morgan fingerprint density at radius 3 is 3.22 bits per heavy atom. The largest absolute Gasteiger partial charge is 0.378 e. The fourth-order valence-corrected chi connectivity index (χ4v) is 3.34. The van der Waals surface area contributed by atoms with Crippen molar-refractivity contribution in [3.63, 3.8) is 0 Å². The highest BCUT2D eigenvalue weighted by molar-refractivity contribution is 5.77. The molecule has 2 saturated heterocycles. The van der Waals surface area contributed by atoms with E-state index in [0.29, 0.717) is 6.42 Å². The van der Waals surface area contributed by atoms with Gasteiger partial charge in [-0.1, -0.05) is 0 Å². The molecular formula is C16H21N5O2. The van der Waals surface area contributed by atoms with Crippen LogP contribution < -0.4 is 5.32 Å². The van der Waals surface area contributed by atoms with Crippen LogP contribution in [0.25, 0.3) is 5.65 Å². The number of aromatic nitrogens is 3. The van der Waals surface area contributed by atoms with Gasteiger partial charge in [-0.2, -0.15) is 0 Å². The maximum absolute atomic E-state index is 12.3. The maximum Gasteiger partial charge on any atom is 0.225 e. The molecule has 7 nitrogen and oxygen atoms in total. The Morgan fingerprint density at radius 2 is 2.35 bits per heavy atom. The van der Waals surface area contributed by atoms with E-state index in [1.807, 2.05) is 23.2 Å². The number of carbonyl (C=O) groups is 1. The first kappa shape index (κ1) is 14.4. The molecule has 23 heavy (non-hydrogen) atoms. The summed E-state index contributed by atoms with van der Waals surface area (Å²) in [5, 5.41) is 7.89. The molecule has 0 radical (unpaired) electrons. The monoisotopic (exact) mass is 315 g/mol. The minimum Gasteiger partial charge on any atom is -0.378 e. The predicted molar refractivity (Wildman–Crippen MR) is 85.2 cm³/mol. The van der Waals surface area contributed by atoms with Gasteiger partial charge in [-0.25, -0.2) is 9.50 Å². The van der Waals surface area contributed by atoms with Crippen molar-refractivity contribution in [2.45, 2.75) is 37.8 Å². The van der Waals surface area contributed by atoms with E-state index in [-0.39, 0.29) is 18.1 Å². The van der Waals surface area contributed by atoms with Gasteiger partial charge < -0.3 is 15.0 Å². The summed E-state index contributed by atoms with van der Waals surface area (Å²) in [5.41, 5.74) is 0.829. The van der Waals surface area contributed by atoms with Crippen LogP contribution in [0.15, 0.2) is 24.5 Å². The molecule has 0 aromatic carbocycles. The molecule has 2 unspecified atom stereocenters. The summed E-state index contributed by atoms with van der Waals surface area (Å²) in [6.07, 6.45) is 7.23. The summed E-state index contributed by atoms with van der Waals surface area (Å²) < 4.78 is 7.30. The summed E-state index contributed by atoms with van der Waals surface area (Å²) in [4.78, 5) is 18.5. The Kier molecular flexibility index (Phi) is 3.87. The summed E-state index contributed by atoms with van der Waals surface area (Å²) in [5.74, 6) is 1.02. The number of nitrogens with zero attached hydrogens (tertiary/aromatic N) is 4. The molecule has 2 atom stereocenters. The molecule has 4 rings (SSSR count). The van der Waals surface area contributed by atoms with Gasteiger partial charge in [-0.3, -0.25) is 4.79 Å². The van der Waals surface area contributed by atoms with Gasteiger partial charge in [0.25, 0.3) is 0 Å².